The molecule has 0 radical (unpaired) electrons. The molecular formula is C8H14O4. The van der Waals surface area contributed by atoms with Crippen LogP contribution in [0.4, 0.5) is 0 Å². The van der Waals surface area contributed by atoms with Gasteiger partial charge in [0.05, 0.1) is 6.61 Å². The van der Waals surface area contributed by atoms with Gasteiger partial charge in [-0.15, -0.1) is 0 Å². The number of carbonyl (C=O) groups excluding carboxylic acids is 1. The van der Waals surface area contributed by atoms with E-state index < -0.39 is 11.9 Å². The molecule has 4 heteroatoms. The van der Waals surface area contributed by atoms with Crippen molar-refractivity contribution in [1.82, 2.24) is 0 Å². The highest BCUT2D eigenvalue weighted by Crippen LogP contribution is 2.24. The Morgan fingerprint density at radius 1 is 1.67 bits per heavy atom. The minimum Gasteiger partial charge on any atom is -0.371 e. The van der Waals surface area contributed by atoms with Crippen molar-refractivity contribution >= 4 is 6.29 Å². The summed E-state index contributed by atoms with van der Waals surface area (Å²) < 4.78 is 15.6. The molecule has 12 heavy (non-hydrogen) atoms. The Morgan fingerprint density at radius 2 is 2.33 bits per heavy atom. The van der Waals surface area contributed by atoms with E-state index in [0.29, 0.717) is 6.61 Å². The summed E-state index contributed by atoms with van der Waals surface area (Å²) >= 11 is 0. The number of hydrogen-bond acceptors (Lipinski definition) is 4. The lowest BCUT2D eigenvalue weighted by Crippen LogP contribution is -2.33. The van der Waals surface area contributed by atoms with Crippen LogP contribution < -0.4 is 0 Å². The molecule has 70 valence electrons. The zero-order chi connectivity index (χ0) is 9.19. The first-order valence-corrected chi connectivity index (χ1v) is 3.89. The average molecular weight is 174 g/mol. The number of hydrogen-bond donors (Lipinski definition) is 0. The lowest BCUT2D eigenvalue weighted by atomic mass is 10.2. The van der Waals surface area contributed by atoms with E-state index in [1.807, 2.05) is 13.8 Å². The summed E-state index contributed by atoms with van der Waals surface area (Å²) in [6.45, 7) is 4.03. The van der Waals surface area contributed by atoms with Crippen LogP contribution in [-0.2, 0) is 19.0 Å². The number of carbonyl (C=O) groups is 1. The predicted molar refractivity (Wildman–Crippen MR) is 41.8 cm³/mol. The van der Waals surface area contributed by atoms with Gasteiger partial charge in [-0.3, -0.25) is 0 Å². The maximum absolute atomic E-state index is 10.5. The molecule has 0 N–H and O–H groups in total. The van der Waals surface area contributed by atoms with E-state index in [1.54, 1.807) is 0 Å². The number of methoxy groups -OCH3 is 1. The van der Waals surface area contributed by atoms with Crippen molar-refractivity contribution in [3.05, 3.63) is 0 Å². The maximum Gasteiger partial charge on any atom is 0.163 e. The highest BCUT2D eigenvalue weighted by molar-refractivity contribution is 5.57. The molecule has 1 heterocycles. The fourth-order valence-electron chi connectivity index (χ4n) is 1.17. The van der Waals surface area contributed by atoms with E-state index in [2.05, 4.69) is 0 Å². The minimum absolute atomic E-state index is 0.275. The van der Waals surface area contributed by atoms with E-state index in [1.165, 1.54) is 7.11 Å². The third kappa shape index (κ3) is 2.03. The van der Waals surface area contributed by atoms with Gasteiger partial charge in [-0.1, -0.05) is 0 Å². The van der Waals surface area contributed by atoms with Crippen molar-refractivity contribution in [3.8, 4) is 0 Å². The normalized spacial score (nSPS) is 30.1. The quantitative estimate of drug-likeness (QED) is 0.579. The Morgan fingerprint density at radius 3 is 2.67 bits per heavy atom. The van der Waals surface area contributed by atoms with E-state index in [9.17, 15) is 4.79 Å². The second kappa shape index (κ2) is 3.51. The molecule has 0 bridgehead atoms. The van der Waals surface area contributed by atoms with Crippen LogP contribution in [0.5, 0.6) is 0 Å². The van der Waals surface area contributed by atoms with Gasteiger partial charge in [0, 0.05) is 7.11 Å². The van der Waals surface area contributed by atoms with Gasteiger partial charge in [-0.25, -0.2) is 0 Å². The third-order valence-electron chi connectivity index (χ3n) is 1.80. The summed E-state index contributed by atoms with van der Waals surface area (Å²) in [5.74, 6) is -0.593. The number of ether oxygens (including phenoxy) is 3. The SMILES string of the molecule is COC(C=O)C1COC(C)(C)O1. The van der Waals surface area contributed by atoms with E-state index in [4.69, 9.17) is 14.2 Å². The Labute approximate surface area is 71.8 Å². The summed E-state index contributed by atoms with van der Waals surface area (Å²) in [4.78, 5) is 10.5. The Kier molecular flexibility index (Phi) is 2.82. The highest BCUT2D eigenvalue weighted by Gasteiger charge is 2.37. The van der Waals surface area contributed by atoms with Crippen LogP contribution in [0.15, 0.2) is 0 Å². The van der Waals surface area contributed by atoms with Crippen LogP contribution in [0, 0.1) is 0 Å². The molecule has 0 aromatic carbocycles. The summed E-state index contributed by atoms with van der Waals surface area (Å²) in [6.07, 6.45) is -0.0654. The number of aldehydes is 1. The predicted octanol–water partition coefficient (Wildman–Crippen LogP) is 0.352. The van der Waals surface area contributed by atoms with Gasteiger partial charge in [-0.05, 0) is 13.8 Å². The van der Waals surface area contributed by atoms with Crippen LogP contribution in [0.2, 0.25) is 0 Å². The molecule has 1 rings (SSSR count). The Balaban J connectivity index is 2.50. The van der Waals surface area contributed by atoms with Crippen molar-refractivity contribution in [2.75, 3.05) is 13.7 Å². The lowest BCUT2D eigenvalue weighted by molar-refractivity contribution is -0.156. The molecule has 1 fully saturated rings. The van der Waals surface area contributed by atoms with Gasteiger partial charge in [0.25, 0.3) is 0 Å². The molecule has 0 aliphatic carbocycles. The topological polar surface area (TPSA) is 44.8 Å². The van der Waals surface area contributed by atoms with Crippen LogP contribution in [-0.4, -0.2) is 38.0 Å². The summed E-state index contributed by atoms with van der Waals surface area (Å²) in [6, 6.07) is 0. The van der Waals surface area contributed by atoms with Crippen molar-refractivity contribution in [2.24, 2.45) is 0 Å². The van der Waals surface area contributed by atoms with E-state index >= 15 is 0 Å². The van der Waals surface area contributed by atoms with E-state index in [-0.39, 0.29) is 6.10 Å². The second-order valence-electron chi connectivity index (χ2n) is 3.20. The zero-order valence-corrected chi connectivity index (χ0v) is 7.57. The van der Waals surface area contributed by atoms with Crippen molar-refractivity contribution < 1.29 is 19.0 Å². The fraction of sp³-hybridized carbons (Fsp3) is 0.875. The molecule has 1 aliphatic rings. The standard InChI is InChI=1S/C8H14O4/c1-8(2)11-5-7(12-8)6(4-9)10-3/h4,6-7H,5H2,1-3H3. The zero-order valence-electron chi connectivity index (χ0n) is 7.57. The van der Waals surface area contributed by atoms with Crippen molar-refractivity contribution in [2.45, 2.75) is 31.8 Å². The molecule has 1 saturated heterocycles. The molecule has 0 saturated carbocycles. The van der Waals surface area contributed by atoms with E-state index in [0.717, 1.165) is 6.29 Å². The average Bonchev–Trinajstić information content (AvgIpc) is 2.34. The molecule has 2 atom stereocenters. The fourth-order valence-corrected chi connectivity index (χ4v) is 1.17. The van der Waals surface area contributed by atoms with Crippen LogP contribution in [0.3, 0.4) is 0 Å². The van der Waals surface area contributed by atoms with Crippen LogP contribution in [0.1, 0.15) is 13.8 Å². The molecule has 0 spiro atoms. The van der Waals surface area contributed by atoms with Crippen molar-refractivity contribution in [3.63, 3.8) is 0 Å². The molecule has 2 unspecified atom stereocenters. The first-order valence-electron chi connectivity index (χ1n) is 3.89. The third-order valence-corrected chi connectivity index (χ3v) is 1.80. The van der Waals surface area contributed by atoms with Gasteiger partial charge >= 0.3 is 0 Å². The first kappa shape index (κ1) is 9.64. The van der Waals surface area contributed by atoms with Crippen LogP contribution in [0.25, 0.3) is 0 Å². The van der Waals surface area contributed by atoms with Crippen molar-refractivity contribution in [1.29, 1.82) is 0 Å². The smallest absolute Gasteiger partial charge is 0.163 e. The Hall–Kier alpha value is -0.450. The summed E-state index contributed by atoms with van der Waals surface area (Å²) in [5, 5.41) is 0. The van der Waals surface area contributed by atoms with Gasteiger partial charge in [0.1, 0.15) is 12.2 Å². The lowest BCUT2D eigenvalue weighted by Gasteiger charge is -2.19. The van der Waals surface area contributed by atoms with Crippen LogP contribution >= 0.6 is 0 Å². The van der Waals surface area contributed by atoms with Gasteiger partial charge in [0.2, 0.25) is 0 Å². The largest absolute Gasteiger partial charge is 0.371 e. The first-order chi connectivity index (χ1) is 5.59. The highest BCUT2D eigenvalue weighted by atomic mass is 16.7. The van der Waals surface area contributed by atoms with Gasteiger partial charge in [-0.2, -0.15) is 0 Å². The second-order valence-corrected chi connectivity index (χ2v) is 3.20. The molecular weight excluding hydrogens is 160 g/mol. The Bertz CT molecular complexity index is 166. The molecule has 4 nitrogen and oxygen atoms in total. The molecule has 0 amide bonds. The molecule has 1 aliphatic heterocycles. The van der Waals surface area contributed by atoms with Gasteiger partial charge < -0.3 is 19.0 Å². The van der Waals surface area contributed by atoms with Gasteiger partial charge in [0.15, 0.2) is 12.1 Å². The molecule has 0 aromatic rings. The number of rotatable bonds is 3. The minimum atomic E-state index is -0.593. The summed E-state index contributed by atoms with van der Waals surface area (Å²) in [7, 11) is 1.48. The molecule has 0 aromatic heterocycles. The summed E-state index contributed by atoms with van der Waals surface area (Å²) in [5.41, 5.74) is 0. The monoisotopic (exact) mass is 174 g/mol. The maximum atomic E-state index is 10.5.